The molecule has 1 heterocycles. The molecule has 0 aromatic heterocycles. The van der Waals surface area contributed by atoms with Gasteiger partial charge in [-0.1, -0.05) is 44.6 Å². The van der Waals surface area contributed by atoms with Crippen molar-refractivity contribution in [1.29, 1.82) is 0 Å². The molecule has 24 heavy (non-hydrogen) atoms. The van der Waals surface area contributed by atoms with Crippen LogP contribution in [0.15, 0.2) is 59.6 Å². The Hall–Kier alpha value is -1.31. The molecule has 0 unspecified atom stereocenters. The van der Waals surface area contributed by atoms with Gasteiger partial charge < -0.3 is 35.2 Å². The number of unbranched alkanes of at least 4 members (excludes halogenated alkanes) is 5. The van der Waals surface area contributed by atoms with Gasteiger partial charge in [-0.3, -0.25) is 4.99 Å². The van der Waals surface area contributed by atoms with Gasteiger partial charge >= 0.3 is 0 Å². The minimum atomic E-state index is 0. The van der Waals surface area contributed by atoms with Crippen LogP contribution in [0.5, 0.6) is 0 Å². The molecule has 1 aliphatic rings. The molecular weight excluding hydrogens is 336 g/mol. The molecule has 1 aliphatic heterocycles. The van der Waals surface area contributed by atoms with Crippen molar-refractivity contribution in [2.75, 3.05) is 19.6 Å². The molecule has 2 aromatic carbocycles. The standard InChI is InChI=1S/C16H25N2.C5H5.Fe/c1-2-3-4-5-6-9-13-18-14-12-17-16(18)15-10-7-8-11-15;1-2-4-5-3-1;/h7-8,10-11H,2-6,9,12-14H2,1H3;1-5H;/q-1;-5;. The molecular formula is C21H30FeN2-6. The van der Waals surface area contributed by atoms with Crippen LogP contribution in [-0.4, -0.2) is 30.4 Å². The van der Waals surface area contributed by atoms with E-state index in [1.54, 1.807) is 0 Å². The molecule has 0 saturated heterocycles. The average Bonchev–Trinajstić information content (AvgIpc) is 3.34. The maximum atomic E-state index is 4.63. The summed E-state index contributed by atoms with van der Waals surface area (Å²) in [7, 11) is 0. The zero-order valence-electron chi connectivity index (χ0n) is 14.8. The molecule has 3 rings (SSSR count). The van der Waals surface area contributed by atoms with Crippen LogP contribution in [0.2, 0.25) is 0 Å². The number of nitrogens with zero attached hydrogens (tertiary/aromatic N) is 2. The first-order chi connectivity index (χ1) is 11.4. The van der Waals surface area contributed by atoms with Gasteiger partial charge in [0.2, 0.25) is 0 Å². The van der Waals surface area contributed by atoms with Gasteiger partial charge in [-0.05, 0) is 6.42 Å². The number of rotatable bonds is 8. The van der Waals surface area contributed by atoms with Gasteiger partial charge in [0.1, 0.15) is 0 Å². The van der Waals surface area contributed by atoms with E-state index in [2.05, 4.69) is 41.1 Å². The van der Waals surface area contributed by atoms with E-state index >= 15 is 0 Å². The molecule has 0 spiro atoms. The zero-order valence-corrected chi connectivity index (χ0v) is 15.9. The topological polar surface area (TPSA) is 15.6 Å². The maximum Gasteiger partial charge on any atom is 0.0729 e. The van der Waals surface area contributed by atoms with Crippen LogP contribution in [-0.2, 0) is 17.1 Å². The third-order valence-corrected chi connectivity index (χ3v) is 4.19. The summed E-state index contributed by atoms with van der Waals surface area (Å²) in [6.07, 6.45) is 8.20. The molecule has 0 radical (unpaired) electrons. The van der Waals surface area contributed by atoms with Gasteiger partial charge in [0.05, 0.1) is 12.4 Å². The fraction of sp³-hybridized carbons (Fsp3) is 0.476. The molecule has 2 nitrogen and oxygen atoms in total. The SMILES string of the molecule is CCCCCCCCN1CCN=C1[c-]1cccc1.[Fe].[cH-]1[cH-][cH-][cH-][cH-]1. The molecule has 0 N–H and O–H groups in total. The Morgan fingerprint density at radius 3 is 2.17 bits per heavy atom. The van der Waals surface area contributed by atoms with E-state index in [1.165, 1.54) is 56.5 Å². The van der Waals surface area contributed by atoms with Crippen molar-refractivity contribution in [2.24, 2.45) is 4.99 Å². The van der Waals surface area contributed by atoms with E-state index in [-0.39, 0.29) is 17.1 Å². The van der Waals surface area contributed by atoms with E-state index < -0.39 is 0 Å². The molecule has 0 atom stereocenters. The van der Waals surface area contributed by atoms with Crippen molar-refractivity contribution in [3.05, 3.63) is 60.2 Å². The molecule has 138 valence electrons. The summed E-state index contributed by atoms with van der Waals surface area (Å²) in [5.74, 6) is 1.22. The molecule has 3 heteroatoms. The van der Waals surface area contributed by atoms with Crippen LogP contribution in [0.25, 0.3) is 0 Å². The minimum absolute atomic E-state index is 0. The first kappa shape index (κ1) is 20.7. The smallest absolute Gasteiger partial charge is 0.0729 e. The minimum Gasteiger partial charge on any atom is -0.748 e. The average molecular weight is 366 g/mol. The monoisotopic (exact) mass is 366 g/mol. The van der Waals surface area contributed by atoms with E-state index in [0.717, 1.165) is 13.1 Å². The summed E-state index contributed by atoms with van der Waals surface area (Å²) in [6.45, 7) is 5.52. The van der Waals surface area contributed by atoms with Crippen molar-refractivity contribution in [1.82, 2.24) is 4.90 Å². The summed E-state index contributed by atoms with van der Waals surface area (Å²) in [4.78, 5) is 7.08. The van der Waals surface area contributed by atoms with Crippen molar-refractivity contribution in [2.45, 2.75) is 45.4 Å². The summed E-state index contributed by atoms with van der Waals surface area (Å²) >= 11 is 0. The maximum absolute atomic E-state index is 4.63. The van der Waals surface area contributed by atoms with Crippen molar-refractivity contribution in [3.63, 3.8) is 0 Å². The number of aliphatic imine (C=N–C) groups is 1. The van der Waals surface area contributed by atoms with Gasteiger partial charge in [0.25, 0.3) is 0 Å². The number of amidine groups is 1. The van der Waals surface area contributed by atoms with E-state index in [1.807, 2.05) is 30.3 Å². The van der Waals surface area contributed by atoms with Gasteiger partial charge in [-0.2, -0.15) is 12.1 Å². The van der Waals surface area contributed by atoms with E-state index in [0.29, 0.717) is 0 Å². The quantitative estimate of drug-likeness (QED) is 0.355. The summed E-state index contributed by atoms with van der Waals surface area (Å²) in [5, 5.41) is 0. The summed E-state index contributed by atoms with van der Waals surface area (Å²) < 4.78 is 0. The summed E-state index contributed by atoms with van der Waals surface area (Å²) in [5.41, 5.74) is 1.29. The van der Waals surface area contributed by atoms with E-state index in [4.69, 9.17) is 0 Å². The second-order valence-corrected chi connectivity index (χ2v) is 6.10. The first-order valence-corrected chi connectivity index (χ1v) is 9.10. The Morgan fingerprint density at radius 2 is 1.54 bits per heavy atom. The van der Waals surface area contributed by atoms with Crippen LogP contribution in [0.1, 0.15) is 51.0 Å². The second-order valence-electron chi connectivity index (χ2n) is 6.10. The Kier molecular flexibility index (Phi) is 11.3. The molecule has 0 fully saturated rings. The van der Waals surface area contributed by atoms with Gasteiger partial charge in [-0.15, -0.1) is 0 Å². The number of hydrogen-bond acceptors (Lipinski definition) is 2. The Labute approximate surface area is 158 Å². The van der Waals surface area contributed by atoms with Crippen LogP contribution in [0, 0.1) is 0 Å². The Morgan fingerprint density at radius 1 is 0.958 bits per heavy atom. The number of hydrogen-bond donors (Lipinski definition) is 0. The normalized spacial score (nSPS) is 13.0. The zero-order chi connectivity index (χ0) is 16.2. The summed E-state index contributed by atoms with van der Waals surface area (Å²) in [6, 6.07) is 18.5. The largest absolute Gasteiger partial charge is 0.748 e. The van der Waals surface area contributed by atoms with E-state index in [9.17, 15) is 0 Å². The fourth-order valence-corrected chi connectivity index (χ4v) is 2.90. The van der Waals surface area contributed by atoms with Crippen molar-refractivity contribution < 1.29 is 17.1 Å². The fourth-order valence-electron chi connectivity index (χ4n) is 2.90. The molecule has 0 saturated carbocycles. The van der Waals surface area contributed by atoms with Crippen LogP contribution >= 0.6 is 0 Å². The second kappa shape index (κ2) is 13.0. The Balaban J connectivity index is 0.000000412. The molecule has 2 aromatic rings. The van der Waals surface area contributed by atoms with Crippen LogP contribution < -0.4 is 0 Å². The molecule has 0 bridgehead atoms. The predicted molar refractivity (Wildman–Crippen MR) is 100 cm³/mol. The van der Waals surface area contributed by atoms with Crippen molar-refractivity contribution >= 4 is 5.84 Å². The van der Waals surface area contributed by atoms with Crippen LogP contribution in [0.3, 0.4) is 0 Å². The third-order valence-electron chi connectivity index (χ3n) is 4.19. The molecule has 0 aliphatic carbocycles. The predicted octanol–water partition coefficient (Wildman–Crippen LogP) is 5.23. The molecule has 0 amide bonds. The van der Waals surface area contributed by atoms with Gasteiger partial charge in [0, 0.05) is 30.2 Å². The van der Waals surface area contributed by atoms with Crippen molar-refractivity contribution in [3.8, 4) is 0 Å². The first-order valence-electron chi connectivity index (χ1n) is 9.10. The van der Waals surface area contributed by atoms with Crippen LogP contribution in [0.4, 0.5) is 0 Å². The van der Waals surface area contributed by atoms with Gasteiger partial charge in [0.15, 0.2) is 0 Å². The third kappa shape index (κ3) is 7.51. The Bertz CT molecular complexity index is 497. The van der Waals surface area contributed by atoms with Gasteiger partial charge in [-0.25, -0.2) is 12.1 Å².